The fourth-order valence-corrected chi connectivity index (χ4v) is 4.37. The molecule has 4 rings (SSSR count). The zero-order valence-electron chi connectivity index (χ0n) is 14.9. The highest BCUT2D eigenvalue weighted by Gasteiger charge is 2.46. The minimum atomic E-state index is -4.67. The smallest absolute Gasteiger partial charge is 0.405 e. The molecule has 3 aliphatic rings. The average Bonchev–Trinajstić information content (AvgIpc) is 3.15. The van der Waals surface area contributed by atoms with Gasteiger partial charge in [0.15, 0.2) is 5.96 Å². The van der Waals surface area contributed by atoms with Gasteiger partial charge in [-0.15, -0.1) is 13.2 Å². The summed E-state index contributed by atoms with van der Waals surface area (Å²) in [6, 6.07) is 6.52. The molecule has 1 aliphatic heterocycles. The summed E-state index contributed by atoms with van der Waals surface area (Å²) in [5, 5.41) is 3.45. The number of hydrogen-bond donors (Lipinski definition) is 1. The summed E-state index contributed by atoms with van der Waals surface area (Å²) in [6.45, 7) is 2.04. The third kappa shape index (κ3) is 3.48. The first kappa shape index (κ1) is 17.5. The molecule has 26 heavy (non-hydrogen) atoms. The van der Waals surface area contributed by atoms with E-state index in [1.54, 1.807) is 25.2 Å². The number of para-hydroxylation sites is 1. The van der Waals surface area contributed by atoms with Crippen molar-refractivity contribution < 1.29 is 17.9 Å². The molecule has 1 aromatic carbocycles. The Hall–Kier alpha value is -1.92. The van der Waals surface area contributed by atoms with Crippen LogP contribution in [0.2, 0.25) is 0 Å². The van der Waals surface area contributed by atoms with Gasteiger partial charge in [0.1, 0.15) is 5.75 Å². The maximum atomic E-state index is 12.6. The monoisotopic (exact) mass is 367 g/mol. The molecule has 1 aromatic rings. The van der Waals surface area contributed by atoms with E-state index in [9.17, 15) is 13.2 Å². The predicted molar refractivity (Wildman–Crippen MR) is 93.2 cm³/mol. The summed E-state index contributed by atoms with van der Waals surface area (Å²) in [4.78, 5) is 6.70. The van der Waals surface area contributed by atoms with Crippen LogP contribution in [0.5, 0.6) is 5.75 Å². The molecule has 7 heteroatoms. The third-order valence-corrected chi connectivity index (χ3v) is 6.01. The van der Waals surface area contributed by atoms with Gasteiger partial charge in [0, 0.05) is 32.1 Å². The molecule has 4 nitrogen and oxygen atoms in total. The van der Waals surface area contributed by atoms with Crippen LogP contribution in [0.4, 0.5) is 13.2 Å². The van der Waals surface area contributed by atoms with Crippen LogP contribution in [0.15, 0.2) is 29.3 Å². The van der Waals surface area contributed by atoms with Crippen molar-refractivity contribution in [3.05, 3.63) is 29.8 Å². The van der Waals surface area contributed by atoms with Crippen LogP contribution in [0.25, 0.3) is 0 Å². The Balaban J connectivity index is 1.40. The summed E-state index contributed by atoms with van der Waals surface area (Å²) >= 11 is 0. The maximum absolute atomic E-state index is 12.6. The van der Waals surface area contributed by atoms with Gasteiger partial charge >= 0.3 is 6.36 Å². The Morgan fingerprint density at radius 1 is 1.27 bits per heavy atom. The van der Waals surface area contributed by atoms with Crippen LogP contribution in [0.1, 0.15) is 43.6 Å². The minimum Gasteiger partial charge on any atom is -0.405 e. The first-order valence-corrected chi connectivity index (χ1v) is 9.22. The second kappa shape index (κ2) is 6.35. The lowest BCUT2D eigenvalue weighted by Gasteiger charge is -2.38. The number of alkyl halides is 3. The van der Waals surface area contributed by atoms with Crippen LogP contribution in [0.3, 0.4) is 0 Å². The number of nitrogens with one attached hydrogen (secondary N) is 1. The summed E-state index contributed by atoms with van der Waals surface area (Å²) < 4.78 is 42.1. The molecule has 0 amide bonds. The first-order valence-electron chi connectivity index (χ1n) is 9.22. The highest BCUT2D eigenvalue weighted by Crippen LogP contribution is 2.49. The normalized spacial score (nSPS) is 27.4. The highest BCUT2D eigenvalue weighted by atomic mass is 19.4. The van der Waals surface area contributed by atoms with E-state index in [0.29, 0.717) is 11.0 Å². The Kier molecular flexibility index (Phi) is 4.28. The van der Waals surface area contributed by atoms with E-state index in [1.807, 2.05) is 0 Å². The Bertz CT molecular complexity index is 700. The third-order valence-electron chi connectivity index (χ3n) is 6.01. The van der Waals surface area contributed by atoms with Crippen molar-refractivity contribution in [1.82, 2.24) is 10.2 Å². The highest BCUT2D eigenvalue weighted by molar-refractivity contribution is 5.81. The summed E-state index contributed by atoms with van der Waals surface area (Å²) in [5.74, 6) is 0.792. The molecule has 2 unspecified atom stereocenters. The van der Waals surface area contributed by atoms with Crippen molar-refractivity contribution in [1.29, 1.82) is 0 Å². The van der Waals surface area contributed by atoms with Crippen LogP contribution in [0, 0.1) is 5.41 Å². The van der Waals surface area contributed by atoms with Gasteiger partial charge in [-0.05, 0) is 42.7 Å². The molecule has 2 saturated carbocycles. The molecular formula is C19H24F3N3O. The second-order valence-corrected chi connectivity index (χ2v) is 7.75. The van der Waals surface area contributed by atoms with Crippen molar-refractivity contribution in [3.8, 4) is 5.75 Å². The number of guanidine groups is 1. The standard InChI is InChI=1S/C19H24F3N3O/c1-23-17(25-10-9-18(12-25)7-4-8-18)24-15-11-14(15)13-5-2-3-6-16(13)26-19(20,21)22/h2-3,5-6,14-15H,4,7-12H2,1H3,(H,23,24). The summed E-state index contributed by atoms with van der Waals surface area (Å²) in [7, 11) is 1.77. The molecule has 1 spiro atoms. The molecule has 142 valence electrons. The molecule has 1 heterocycles. The van der Waals surface area contributed by atoms with E-state index in [2.05, 4.69) is 19.9 Å². The molecule has 2 atom stereocenters. The number of likely N-dealkylation sites (tertiary alicyclic amines) is 1. The quantitative estimate of drug-likeness (QED) is 0.650. The number of rotatable bonds is 3. The number of aliphatic imine (C=N–C) groups is 1. The summed E-state index contributed by atoms with van der Waals surface area (Å²) in [5.41, 5.74) is 1.09. The van der Waals surface area contributed by atoms with Gasteiger partial charge in [0.25, 0.3) is 0 Å². The second-order valence-electron chi connectivity index (χ2n) is 7.75. The average molecular weight is 367 g/mol. The van der Waals surface area contributed by atoms with Gasteiger partial charge in [0.2, 0.25) is 0 Å². The van der Waals surface area contributed by atoms with Gasteiger partial charge in [-0.3, -0.25) is 4.99 Å². The largest absolute Gasteiger partial charge is 0.573 e. The van der Waals surface area contributed by atoms with Crippen LogP contribution in [-0.4, -0.2) is 43.4 Å². The lowest BCUT2D eigenvalue weighted by atomic mass is 9.68. The van der Waals surface area contributed by atoms with Gasteiger partial charge < -0.3 is 15.0 Å². The van der Waals surface area contributed by atoms with E-state index >= 15 is 0 Å². The van der Waals surface area contributed by atoms with Crippen molar-refractivity contribution in [2.45, 2.75) is 50.4 Å². The Labute approximate surface area is 151 Å². The van der Waals surface area contributed by atoms with Gasteiger partial charge in [-0.2, -0.15) is 0 Å². The lowest BCUT2D eigenvalue weighted by molar-refractivity contribution is -0.274. The Morgan fingerprint density at radius 3 is 2.65 bits per heavy atom. The van der Waals surface area contributed by atoms with Crippen molar-refractivity contribution in [3.63, 3.8) is 0 Å². The van der Waals surface area contributed by atoms with E-state index < -0.39 is 6.36 Å². The number of ether oxygens (including phenoxy) is 1. The Morgan fingerprint density at radius 2 is 2.04 bits per heavy atom. The topological polar surface area (TPSA) is 36.9 Å². The van der Waals surface area contributed by atoms with Crippen molar-refractivity contribution >= 4 is 5.96 Å². The maximum Gasteiger partial charge on any atom is 0.573 e. The fourth-order valence-electron chi connectivity index (χ4n) is 4.37. The van der Waals surface area contributed by atoms with Crippen LogP contribution in [-0.2, 0) is 0 Å². The van der Waals surface area contributed by atoms with Gasteiger partial charge in [-0.1, -0.05) is 24.6 Å². The van der Waals surface area contributed by atoms with E-state index in [4.69, 9.17) is 0 Å². The molecule has 3 fully saturated rings. The minimum absolute atomic E-state index is 0.0190. The van der Waals surface area contributed by atoms with E-state index in [0.717, 1.165) is 25.5 Å². The molecule has 1 N–H and O–H groups in total. The number of benzene rings is 1. The molecule has 0 aromatic heterocycles. The van der Waals surface area contributed by atoms with E-state index in [-0.39, 0.29) is 17.7 Å². The zero-order valence-corrected chi connectivity index (χ0v) is 14.9. The molecule has 2 aliphatic carbocycles. The molecule has 0 radical (unpaired) electrons. The van der Waals surface area contributed by atoms with Crippen molar-refractivity contribution in [2.75, 3.05) is 20.1 Å². The number of halogens is 3. The van der Waals surface area contributed by atoms with Gasteiger partial charge in [-0.25, -0.2) is 0 Å². The van der Waals surface area contributed by atoms with E-state index in [1.165, 1.54) is 31.7 Å². The van der Waals surface area contributed by atoms with Gasteiger partial charge in [0.05, 0.1) is 0 Å². The first-order chi connectivity index (χ1) is 12.4. The number of hydrogen-bond acceptors (Lipinski definition) is 2. The fraction of sp³-hybridized carbons (Fsp3) is 0.632. The number of nitrogens with zero attached hydrogens (tertiary/aromatic N) is 2. The lowest BCUT2D eigenvalue weighted by Crippen LogP contribution is -2.43. The molecule has 1 saturated heterocycles. The molecule has 0 bridgehead atoms. The molecular weight excluding hydrogens is 343 g/mol. The SMILES string of the molecule is CN=C(NC1CC1c1ccccc1OC(F)(F)F)N1CCC2(CCC2)C1. The predicted octanol–water partition coefficient (Wildman–Crippen LogP) is 3.89. The zero-order chi connectivity index (χ0) is 18.4. The van der Waals surface area contributed by atoms with Crippen LogP contribution >= 0.6 is 0 Å². The summed E-state index contributed by atoms with van der Waals surface area (Å²) in [6.07, 6.45) is 1.25. The van der Waals surface area contributed by atoms with Crippen LogP contribution < -0.4 is 10.1 Å². The van der Waals surface area contributed by atoms with Crippen molar-refractivity contribution in [2.24, 2.45) is 10.4 Å².